The van der Waals surface area contributed by atoms with E-state index >= 15 is 0 Å². The molecule has 2 aromatic carbocycles. The minimum atomic E-state index is -0.0211. The molecule has 6 nitrogen and oxygen atoms in total. The van der Waals surface area contributed by atoms with Gasteiger partial charge in [0.2, 0.25) is 10.6 Å². The Labute approximate surface area is 158 Å². The number of rotatable bonds is 4. The molecule has 4 rings (SSSR count). The Hall–Kier alpha value is -2.96. The maximum Gasteiger partial charge on any atom is 0.250 e. The Balaban J connectivity index is 1.84. The van der Waals surface area contributed by atoms with Crippen LogP contribution in [0.25, 0.3) is 11.0 Å². The Morgan fingerprint density at radius 2 is 0.923 bits per heavy atom. The van der Waals surface area contributed by atoms with E-state index in [1.54, 1.807) is 24.3 Å². The summed E-state index contributed by atoms with van der Waals surface area (Å²) in [5.41, 5.74) is 0.591. The number of nitrogens with zero attached hydrogens (tertiary/aromatic N) is 4. The van der Waals surface area contributed by atoms with E-state index in [0.29, 0.717) is 22.5 Å². The molecule has 0 aliphatic rings. The number of hydrogen-bond donors (Lipinski definition) is 0. The summed E-state index contributed by atoms with van der Waals surface area (Å²) in [4.78, 5) is 16.6. The topological polar surface area (TPSA) is 70.0 Å². The Kier molecular flexibility index (Phi) is 4.51. The van der Waals surface area contributed by atoms with Gasteiger partial charge in [-0.15, -0.1) is 0 Å². The minimum absolute atomic E-state index is 0.0211. The van der Waals surface area contributed by atoms with Gasteiger partial charge in [-0.25, -0.2) is 9.97 Å². The van der Waals surface area contributed by atoms with Crippen LogP contribution in [0, 0.1) is 0 Å². The van der Waals surface area contributed by atoms with Gasteiger partial charge in [0, 0.05) is 0 Å². The monoisotopic (exact) mass is 384 g/mol. The van der Waals surface area contributed by atoms with Crippen LogP contribution in [-0.4, -0.2) is 19.9 Å². The molecule has 2 heterocycles. The zero-order valence-corrected chi connectivity index (χ0v) is 14.6. The average molecular weight is 385 g/mol. The van der Waals surface area contributed by atoms with Crippen molar-refractivity contribution in [2.45, 2.75) is 0 Å². The predicted octanol–water partition coefficient (Wildman–Crippen LogP) is 5.31. The molecule has 8 heteroatoms. The first kappa shape index (κ1) is 16.5. The summed E-state index contributed by atoms with van der Waals surface area (Å²) in [6.07, 6.45) is 0. The van der Waals surface area contributed by atoms with Crippen LogP contribution in [0.2, 0.25) is 10.6 Å². The lowest BCUT2D eigenvalue weighted by Gasteiger charge is -2.10. The van der Waals surface area contributed by atoms with Crippen molar-refractivity contribution in [2.75, 3.05) is 0 Å². The normalized spacial score (nSPS) is 10.7. The molecular formula is C18H10Cl2N4O2. The van der Waals surface area contributed by atoms with Gasteiger partial charge in [-0.05, 0) is 47.5 Å². The molecule has 0 fully saturated rings. The highest BCUT2D eigenvalue weighted by Gasteiger charge is 2.18. The predicted molar refractivity (Wildman–Crippen MR) is 98.2 cm³/mol. The summed E-state index contributed by atoms with van der Waals surface area (Å²) in [6, 6.07) is 18.2. The fraction of sp³-hybridized carbons (Fsp3) is 0. The highest BCUT2D eigenvalue weighted by molar-refractivity contribution is 6.29. The smallest absolute Gasteiger partial charge is 0.250 e. The highest BCUT2D eigenvalue weighted by atomic mass is 35.5. The SMILES string of the molecule is Clc1nc(Oc2ccccc2)c2nc(Cl)nc(Oc3ccccc3)c2n1. The van der Waals surface area contributed by atoms with E-state index in [2.05, 4.69) is 19.9 Å². The van der Waals surface area contributed by atoms with Crippen LogP contribution < -0.4 is 9.47 Å². The van der Waals surface area contributed by atoms with Gasteiger partial charge in [-0.3, -0.25) is 0 Å². The van der Waals surface area contributed by atoms with E-state index in [1.165, 1.54) is 0 Å². The fourth-order valence-electron chi connectivity index (χ4n) is 2.25. The molecule has 4 aromatic rings. The van der Waals surface area contributed by atoms with Crippen LogP contribution in [0.3, 0.4) is 0 Å². The minimum Gasteiger partial charge on any atom is -0.437 e. The van der Waals surface area contributed by atoms with Crippen molar-refractivity contribution in [3.05, 3.63) is 71.2 Å². The summed E-state index contributed by atoms with van der Waals surface area (Å²) in [7, 11) is 0. The summed E-state index contributed by atoms with van der Waals surface area (Å²) in [5, 5.41) is -0.0421. The van der Waals surface area contributed by atoms with Gasteiger partial charge in [0.05, 0.1) is 0 Å². The molecule has 128 valence electrons. The number of halogens is 2. The lowest BCUT2D eigenvalue weighted by molar-refractivity contribution is 0.458. The van der Waals surface area contributed by atoms with Crippen LogP contribution in [0.5, 0.6) is 23.3 Å². The van der Waals surface area contributed by atoms with Crippen molar-refractivity contribution in [2.24, 2.45) is 0 Å². The quantitative estimate of drug-likeness (QED) is 0.444. The fourth-order valence-corrected chi connectivity index (χ4v) is 2.58. The second-order valence-electron chi connectivity index (χ2n) is 5.12. The lowest BCUT2D eigenvalue weighted by atomic mass is 10.3. The summed E-state index contributed by atoms with van der Waals surface area (Å²) >= 11 is 12.1. The Bertz CT molecular complexity index is 976. The molecule has 0 spiro atoms. The largest absolute Gasteiger partial charge is 0.437 e. The van der Waals surface area contributed by atoms with Gasteiger partial charge in [0.15, 0.2) is 11.0 Å². The van der Waals surface area contributed by atoms with E-state index in [9.17, 15) is 0 Å². The zero-order chi connectivity index (χ0) is 17.9. The van der Waals surface area contributed by atoms with E-state index < -0.39 is 0 Å². The van der Waals surface area contributed by atoms with E-state index in [1.807, 2.05) is 36.4 Å². The van der Waals surface area contributed by atoms with Gasteiger partial charge in [0.25, 0.3) is 11.8 Å². The van der Waals surface area contributed by atoms with Crippen molar-refractivity contribution < 1.29 is 9.47 Å². The molecule has 26 heavy (non-hydrogen) atoms. The number of fused-ring (bicyclic) bond motifs is 1. The van der Waals surface area contributed by atoms with E-state index in [0.717, 1.165) is 0 Å². The van der Waals surface area contributed by atoms with Crippen LogP contribution in [-0.2, 0) is 0 Å². The number of aromatic nitrogens is 4. The number of para-hydroxylation sites is 2. The molecule has 0 saturated carbocycles. The lowest BCUT2D eigenvalue weighted by Crippen LogP contribution is -1.99. The average Bonchev–Trinajstić information content (AvgIpc) is 2.64. The van der Waals surface area contributed by atoms with Crippen LogP contribution >= 0.6 is 23.2 Å². The van der Waals surface area contributed by atoms with Crippen LogP contribution in [0.15, 0.2) is 60.7 Å². The van der Waals surface area contributed by atoms with Crippen LogP contribution in [0.1, 0.15) is 0 Å². The number of benzene rings is 2. The molecule has 0 amide bonds. The molecule has 0 saturated heterocycles. The molecule has 0 aliphatic carbocycles. The molecule has 0 atom stereocenters. The maximum absolute atomic E-state index is 6.06. The van der Waals surface area contributed by atoms with Crippen molar-refractivity contribution >= 4 is 34.2 Å². The standard InChI is InChI=1S/C18H10Cl2N4O2/c19-17-22-14-13(15(23-17)25-11-7-3-1-4-8-11)21-18(20)24-16(14)26-12-9-5-2-6-10-12/h1-10H. The third-order valence-electron chi connectivity index (χ3n) is 3.34. The van der Waals surface area contributed by atoms with E-state index in [4.69, 9.17) is 32.7 Å². The van der Waals surface area contributed by atoms with Gasteiger partial charge >= 0.3 is 0 Å². The Morgan fingerprint density at radius 3 is 1.31 bits per heavy atom. The third kappa shape index (κ3) is 3.51. The molecule has 0 unspecified atom stereocenters. The first-order valence-electron chi connectivity index (χ1n) is 7.55. The molecule has 0 N–H and O–H groups in total. The Morgan fingerprint density at radius 1 is 0.538 bits per heavy atom. The van der Waals surface area contributed by atoms with Crippen molar-refractivity contribution in [3.8, 4) is 23.3 Å². The van der Waals surface area contributed by atoms with Gasteiger partial charge < -0.3 is 9.47 Å². The highest BCUT2D eigenvalue weighted by Crippen LogP contribution is 2.33. The second kappa shape index (κ2) is 7.11. The van der Waals surface area contributed by atoms with Gasteiger partial charge in [-0.2, -0.15) is 9.97 Å². The first-order valence-corrected chi connectivity index (χ1v) is 8.31. The number of hydrogen-bond acceptors (Lipinski definition) is 6. The second-order valence-corrected chi connectivity index (χ2v) is 5.80. The van der Waals surface area contributed by atoms with Crippen molar-refractivity contribution in [3.63, 3.8) is 0 Å². The summed E-state index contributed by atoms with van der Waals surface area (Å²) < 4.78 is 11.6. The zero-order valence-electron chi connectivity index (χ0n) is 13.1. The van der Waals surface area contributed by atoms with Crippen molar-refractivity contribution in [1.29, 1.82) is 0 Å². The molecule has 0 radical (unpaired) electrons. The summed E-state index contributed by atoms with van der Waals surface area (Å²) in [6.45, 7) is 0. The molecular weight excluding hydrogens is 375 g/mol. The molecule has 0 aliphatic heterocycles. The first-order chi connectivity index (χ1) is 12.7. The maximum atomic E-state index is 6.06. The molecule has 0 bridgehead atoms. The van der Waals surface area contributed by atoms with Gasteiger partial charge in [0.1, 0.15) is 11.5 Å². The third-order valence-corrected chi connectivity index (χ3v) is 3.68. The summed E-state index contributed by atoms with van der Waals surface area (Å²) in [5.74, 6) is 1.47. The number of ether oxygens (including phenoxy) is 2. The van der Waals surface area contributed by atoms with Crippen LogP contribution in [0.4, 0.5) is 0 Å². The van der Waals surface area contributed by atoms with Gasteiger partial charge in [-0.1, -0.05) is 36.4 Å². The molecule has 2 aromatic heterocycles. The van der Waals surface area contributed by atoms with E-state index in [-0.39, 0.29) is 22.3 Å². The van der Waals surface area contributed by atoms with Crippen molar-refractivity contribution in [1.82, 2.24) is 19.9 Å².